The van der Waals surface area contributed by atoms with Gasteiger partial charge in [0.05, 0.1) is 16.0 Å². The molecule has 0 aliphatic heterocycles. The minimum atomic E-state index is -0.208. The Hall–Kier alpha value is -1.68. The number of aliphatic hydroxyl groups is 1. The molecule has 2 aromatic rings. The Labute approximate surface area is 129 Å². The Morgan fingerprint density at radius 1 is 1.50 bits per heavy atom. The maximum Gasteiger partial charge on any atom is 0.257 e. The van der Waals surface area contributed by atoms with Gasteiger partial charge in [-0.15, -0.1) is 11.3 Å². The number of pyridine rings is 1. The number of amides is 1. The number of nitrogens with one attached hydrogen (secondary N) is 1. The number of anilines is 1. The lowest BCUT2D eigenvalue weighted by molar-refractivity contribution is 0.102. The molecule has 0 radical (unpaired) electrons. The first kappa shape index (κ1) is 14.7. The number of carbonyl (C=O) groups is 1. The Balaban J connectivity index is 2.08. The van der Waals surface area contributed by atoms with Gasteiger partial charge in [-0.1, -0.05) is 11.8 Å². The highest BCUT2D eigenvalue weighted by molar-refractivity contribution is 9.11. The van der Waals surface area contributed by atoms with E-state index in [1.165, 1.54) is 11.3 Å². The zero-order valence-electron chi connectivity index (χ0n) is 10.4. The van der Waals surface area contributed by atoms with E-state index in [-0.39, 0.29) is 12.5 Å². The minimum absolute atomic E-state index is 0.0364. The second kappa shape index (κ2) is 7.20. The number of thiophene rings is 1. The Morgan fingerprint density at radius 3 is 3.05 bits per heavy atom. The van der Waals surface area contributed by atoms with E-state index in [2.05, 4.69) is 38.1 Å². The van der Waals surface area contributed by atoms with Gasteiger partial charge in [0.15, 0.2) is 0 Å². The molecule has 6 heteroatoms. The van der Waals surface area contributed by atoms with Crippen molar-refractivity contribution in [3.05, 3.63) is 44.7 Å². The normalized spacial score (nSPS) is 9.70. The van der Waals surface area contributed by atoms with E-state index >= 15 is 0 Å². The molecule has 0 saturated heterocycles. The van der Waals surface area contributed by atoms with E-state index in [0.717, 1.165) is 9.35 Å². The number of aliphatic hydroxyl groups excluding tert-OH is 1. The molecule has 0 saturated carbocycles. The summed E-state index contributed by atoms with van der Waals surface area (Å²) in [7, 11) is 0. The van der Waals surface area contributed by atoms with Crippen LogP contribution in [0.1, 0.15) is 22.3 Å². The highest BCUT2D eigenvalue weighted by Gasteiger charge is 2.08. The predicted molar refractivity (Wildman–Crippen MR) is 82.8 cm³/mol. The van der Waals surface area contributed by atoms with E-state index < -0.39 is 0 Å². The van der Waals surface area contributed by atoms with Crippen molar-refractivity contribution < 1.29 is 9.90 Å². The van der Waals surface area contributed by atoms with E-state index in [1.807, 2.05) is 0 Å². The molecule has 0 aliphatic rings. The summed E-state index contributed by atoms with van der Waals surface area (Å²) >= 11 is 4.77. The fraction of sp³-hybridized carbons (Fsp3) is 0.143. The van der Waals surface area contributed by atoms with Gasteiger partial charge in [0.2, 0.25) is 0 Å². The third-order valence-corrected chi connectivity index (χ3v) is 3.81. The predicted octanol–water partition coefficient (Wildman–Crippen LogP) is 2.89. The molecule has 4 nitrogen and oxygen atoms in total. The van der Waals surface area contributed by atoms with Crippen LogP contribution >= 0.6 is 27.3 Å². The van der Waals surface area contributed by atoms with Crippen LogP contribution in [0.15, 0.2) is 33.6 Å². The quantitative estimate of drug-likeness (QED) is 0.836. The maximum absolute atomic E-state index is 12.0. The molecular formula is C14H11BrN2O2S. The van der Waals surface area contributed by atoms with Crippen molar-refractivity contribution in [2.75, 3.05) is 11.9 Å². The van der Waals surface area contributed by atoms with E-state index in [0.29, 0.717) is 17.8 Å². The van der Waals surface area contributed by atoms with Gasteiger partial charge in [0.1, 0.15) is 5.82 Å². The van der Waals surface area contributed by atoms with Crippen LogP contribution in [-0.2, 0) is 0 Å². The van der Waals surface area contributed by atoms with Crippen molar-refractivity contribution in [2.24, 2.45) is 0 Å². The Kier molecular flexibility index (Phi) is 5.30. The summed E-state index contributed by atoms with van der Waals surface area (Å²) in [6.07, 6.45) is 2.01. The second-order valence-corrected chi connectivity index (χ2v) is 6.09. The zero-order chi connectivity index (χ0) is 14.4. The number of aromatic nitrogens is 1. The van der Waals surface area contributed by atoms with Gasteiger partial charge in [-0.05, 0) is 34.1 Å². The lowest BCUT2D eigenvalue weighted by Gasteiger charge is -2.02. The molecule has 102 valence electrons. The molecule has 0 aromatic carbocycles. The molecule has 2 N–H and O–H groups in total. The van der Waals surface area contributed by atoms with Crippen molar-refractivity contribution in [1.82, 2.24) is 4.98 Å². The monoisotopic (exact) mass is 350 g/mol. The van der Waals surface area contributed by atoms with E-state index in [4.69, 9.17) is 5.11 Å². The molecule has 20 heavy (non-hydrogen) atoms. The molecule has 0 spiro atoms. The highest BCUT2D eigenvalue weighted by Crippen LogP contribution is 2.21. The number of halogens is 1. The minimum Gasteiger partial charge on any atom is -0.395 e. The van der Waals surface area contributed by atoms with Crippen molar-refractivity contribution in [3.63, 3.8) is 0 Å². The Morgan fingerprint density at radius 2 is 2.35 bits per heavy atom. The average molecular weight is 351 g/mol. The van der Waals surface area contributed by atoms with Gasteiger partial charge in [-0.2, -0.15) is 0 Å². The van der Waals surface area contributed by atoms with Crippen LogP contribution in [-0.4, -0.2) is 22.6 Å². The fourth-order valence-electron chi connectivity index (χ4n) is 1.41. The standard InChI is InChI=1S/C14H11BrN2O2S/c15-12-8-11(9-20-12)14(19)17-13-7-10(4-5-16-13)3-1-2-6-18/h4-5,7-9,18H,2,6H2,(H,16,17,19). The van der Waals surface area contributed by atoms with Crippen LogP contribution in [0.5, 0.6) is 0 Å². The molecule has 1 amide bonds. The van der Waals surface area contributed by atoms with Crippen molar-refractivity contribution in [1.29, 1.82) is 0 Å². The first-order chi connectivity index (χ1) is 9.69. The SMILES string of the molecule is O=C(Nc1cc(C#CCCO)ccn1)c1csc(Br)c1. The molecule has 0 aliphatic carbocycles. The highest BCUT2D eigenvalue weighted by atomic mass is 79.9. The third-order valence-electron chi connectivity index (χ3n) is 2.30. The van der Waals surface area contributed by atoms with Crippen LogP contribution in [0.25, 0.3) is 0 Å². The Bertz CT molecular complexity index is 673. The van der Waals surface area contributed by atoms with Crippen LogP contribution < -0.4 is 5.32 Å². The molecule has 0 fully saturated rings. The van der Waals surface area contributed by atoms with Crippen LogP contribution in [0.4, 0.5) is 5.82 Å². The summed E-state index contributed by atoms with van der Waals surface area (Å²) in [5, 5.41) is 13.2. The van der Waals surface area contributed by atoms with Crippen LogP contribution in [0.2, 0.25) is 0 Å². The first-order valence-electron chi connectivity index (χ1n) is 5.80. The van der Waals surface area contributed by atoms with Gasteiger partial charge >= 0.3 is 0 Å². The number of rotatable bonds is 3. The summed E-state index contributed by atoms with van der Waals surface area (Å²) in [4.78, 5) is 16.0. The lowest BCUT2D eigenvalue weighted by Crippen LogP contribution is -2.11. The molecule has 2 heterocycles. The fourth-order valence-corrected chi connectivity index (χ4v) is 2.55. The molecule has 2 aromatic heterocycles. The zero-order valence-corrected chi connectivity index (χ0v) is 12.8. The smallest absolute Gasteiger partial charge is 0.257 e. The molecule has 0 bridgehead atoms. The number of nitrogens with zero attached hydrogens (tertiary/aromatic N) is 1. The van der Waals surface area contributed by atoms with E-state index in [1.54, 1.807) is 29.8 Å². The third kappa shape index (κ3) is 4.17. The summed E-state index contributed by atoms with van der Waals surface area (Å²) in [5.74, 6) is 5.96. The van der Waals surface area contributed by atoms with Gasteiger partial charge < -0.3 is 10.4 Å². The van der Waals surface area contributed by atoms with Crippen LogP contribution in [0.3, 0.4) is 0 Å². The number of hydrogen-bond acceptors (Lipinski definition) is 4. The number of hydrogen-bond donors (Lipinski definition) is 2. The molecule has 0 atom stereocenters. The van der Waals surface area contributed by atoms with Gasteiger partial charge in [-0.3, -0.25) is 4.79 Å². The number of carbonyl (C=O) groups excluding carboxylic acids is 1. The first-order valence-corrected chi connectivity index (χ1v) is 7.47. The topological polar surface area (TPSA) is 62.2 Å². The maximum atomic E-state index is 12.0. The van der Waals surface area contributed by atoms with Crippen molar-refractivity contribution in [2.45, 2.75) is 6.42 Å². The summed E-state index contributed by atoms with van der Waals surface area (Å²) in [6, 6.07) is 5.20. The van der Waals surface area contributed by atoms with Gasteiger partial charge in [0.25, 0.3) is 5.91 Å². The second-order valence-electron chi connectivity index (χ2n) is 3.80. The van der Waals surface area contributed by atoms with Crippen molar-refractivity contribution in [3.8, 4) is 11.8 Å². The summed E-state index contributed by atoms with van der Waals surface area (Å²) in [5.41, 5.74) is 1.33. The van der Waals surface area contributed by atoms with Gasteiger partial charge in [0, 0.05) is 23.6 Å². The summed E-state index contributed by atoms with van der Waals surface area (Å²) in [6.45, 7) is 0.0364. The molecule has 0 unspecified atom stereocenters. The lowest BCUT2D eigenvalue weighted by atomic mass is 10.2. The molecule has 2 rings (SSSR count). The van der Waals surface area contributed by atoms with E-state index in [9.17, 15) is 4.79 Å². The average Bonchev–Trinajstić information content (AvgIpc) is 2.86. The van der Waals surface area contributed by atoms with Crippen molar-refractivity contribution >= 4 is 39.0 Å². The van der Waals surface area contributed by atoms with Crippen LogP contribution in [0, 0.1) is 11.8 Å². The summed E-state index contributed by atoms with van der Waals surface area (Å²) < 4.78 is 0.902. The van der Waals surface area contributed by atoms with Gasteiger partial charge in [-0.25, -0.2) is 4.98 Å². The molecular weight excluding hydrogens is 340 g/mol. The largest absolute Gasteiger partial charge is 0.395 e.